The van der Waals surface area contributed by atoms with Crippen LogP contribution in [0.4, 0.5) is 5.69 Å². The second-order valence-electron chi connectivity index (χ2n) is 2.77. The lowest BCUT2D eigenvalue weighted by atomic mass is 10.3. The van der Waals surface area contributed by atoms with Gasteiger partial charge in [-0.25, -0.2) is 0 Å². The second-order valence-corrected chi connectivity index (χ2v) is 2.77. The number of amides is 1. The molecular weight excluding hydrogens is 178 g/mol. The van der Waals surface area contributed by atoms with Gasteiger partial charge in [0.05, 0.1) is 0 Å². The molecule has 2 rings (SSSR count). The Morgan fingerprint density at radius 1 is 1.29 bits per heavy atom. The zero-order chi connectivity index (χ0) is 9.80. The lowest BCUT2D eigenvalue weighted by molar-refractivity contribution is 0.102. The molecule has 0 aliphatic carbocycles. The number of carbonyl (C=O) groups excluding carboxylic acids is 1. The largest absolute Gasteiger partial charge is 0.357 e. The highest BCUT2D eigenvalue weighted by atomic mass is 16.1. The Bertz CT molecular complexity index is 408. The molecular formula is C10H9N3O. The molecule has 4 nitrogen and oxygen atoms in total. The van der Waals surface area contributed by atoms with E-state index in [9.17, 15) is 4.79 Å². The third kappa shape index (κ3) is 1.80. The summed E-state index contributed by atoms with van der Waals surface area (Å²) >= 11 is 0. The monoisotopic (exact) mass is 187 g/mol. The average Bonchev–Trinajstić information content (AvgIpc) is 2.72. The van der Waals surface area contributed by atoms with E-state index < -0.39 is 0 Å². The summed E-state index contributed by atoms with van der Waals surface area (Å²) in [5, 5.41) is 2.73. The van der Waals surface area contributed by atoms with Crippen molar-refractivity contribution in [2.24, 2.45) is 0 Å². The van der Waals surface area contributed by atoms with E-state index in [4.69, 9.17) is 0 Å². The van der Waals surface area contributed by atoms with Crippen LogP contribution in [0, 0.1) is 0 Å². The SMILES string of the molecule is O=C(Nc1ccncc1)c1ccc[nH]1. The average molecular weight is 187 g/mol. The first-order valence-corrected chi connectivity index (χ1v) is 4.21. The first-order chi connectivity index (χ1) is 6.86. The number of hydrogen-bond acceptors (Lipinski definition) is 2. The van der Waals surface area contributed by atoms with Gasteiger partial charge in [0.2, 0.25) is 0 Å². The Balaban J connectivity index is 2.10. The highest BCUT2D eigenvalue weighted by molar-refractivity contribution is 6.02. The fourth-order valence-corrected chi connectivity index (χ4v) is 1.11. The van der Waals surface area contributed by atoms with Crippen LogP contribution in [0.5, 0.6) is 0 Å². The number of anilines is 1. The predicted octanol–water partition coefficient (Wildman–Crippen LogP) is 1.66. The van der Waals surface area contributed by atoms with Crippen molar-refractivity contribution in [3.63, 3.8) is 0 Å². The molecule has 2 heterocycles. The number of carbonyl (C=O) groups is 1. The highest BCUT2D eigenvalue weighted by Crippen LogP contribution is 2.05. The second kappa shape index (κ2) is 3.74. The van der Waals surface area contributed by atoms with Crippen LogP contribution in [0.15, 0.2) is 42.9 Å². The molecule has 0 fully saturated rings. The highest BCUT2D eigenvalue weighted by Gasteiger charge is 2.04. The lowest BCUT2D eigenvalue weighted by Crippen LogP contribution is -2.11. The summed E-state index contributed by atoms with van der Waals surface area (Å²) in [6.07, 6.45) is 4.97. The van der Waals surface area contributed by atoms with Gasteiger partial charge in [-0.05, 0) is 24.3 Å². The smallest absolute Gasteiger partial charge is 0.272 e. The summed E-state index contributed by atoms with van der Waals surface area (Å²) in [5.41, 5.74) is 1.28. The summed E-state index contributed by atoms with van der Waals surface area (Å²) < 4.78 is 0. The van der Waals surface area contributed by atoms with Crippen LogP contribution in [0.1, 0.15) is 10.5 Å². The molecule has 70 valence electrons. The van der Waals surface area contributed by atoms with Gasteiger partial charge in [0.15, 0.2) is 0 Å². The molecule has 0 bridgehead atoms. The maximum absolute atomic E-state index is 11.5. The number of rotatable bonds is 2. The van der Waals surface area contributed by atoms with Gasteiger partial charge in [-0.15, -0.1) is 0 Å². The number of hydrogen-bond donors (Lipinski definition) is 2. The van der Waals surface area contributed by atoms with Crippen LogP contribution < -0.4 is 5.32 Å². The first-order valence-electron chi connectivity index (χ1n) is 4.21. The summed E-state index contributed by atoms with van der Waals surface area (Å²) in [5.74, 6) is -0.152. The van der Waals surface area contributed by atoms with Gasteiger partial charge in [-0.3, -0.25) is 9.78 Å². The Labute approximate surface area is 81.0 Å². The van der Waals surface area contributed by atoms with E-state index >= 15 is 0 Å². The van der Waals surface area contributed by atoms with E-state index in [1.165, 1.54) is 0 Å². The molecule has 0 aromatic carbocycles. The topological polar surface area (TPSA) is 57.8 Å². The summed E-state index contributed by atoms with van der Waals surface area (Å²) in [6, 6.07) is 6.97. The quantitative estimate of drug-likeness (QED) is 0.751. The lowest BCUT2D eigenvalue weighted by Gasteiger charge is -2.01. The van der Waals surface area contributed by atoms with E-state index in [2.05, 4.69) is 15.3 Å². The van der Waals surface area contributed by atoms with E-state index in [0.717, 1.165) is 5.69 Å². The van der Waals surface area contributed by atoms with Crippen LogP contribution in [-0.2, 0) is 0 Å². The van der Waals surface area contributed by atoms with Gasteiger partial charge >= 0.3 is 0 Å². The third-order valence-corrected chi connectivity index (χ3v) is 1.78. The van der Waals surface area contributed by atoms with Gasteiger partial charge < -0.3 is 10.3 Å². The summed E-state index contributed by atoms with van der Waals surface area (Å²) in [7, 11) is 0. The minimum atomic E-state index is -0.152. The molecule has 0 spiro atoms. The fraction of sp³-hybridized carbons (Fsp3) is 0. The van der Waals surface area contributed by atoms with Crippen LogP contribution in [0.2, 0.25) is 0 Å². The van der Waals surface area contributed by atoms with Crippen molar-refractivity contribution in [2.45, 2.75) is 0 Å². The van der Waals surface area contributed by atoms with Crippen molar-refractivity contribution >= 4 is 11.6 Å². The van der Waals surface area contributed by atoms with Gasteiger partial charge in [0.25, 0.3) is 5.91 Å². The third-order valence-electron chi connectivity index (χ3n) is 1.78. The van der Waals surface area contributed by atoms with Crippen LogP contribution in [0.3, 0.4) is 0 Å². The number of nitrogens with one attached hydrogen (secondary N) is 2. The molecule has 0 radical (unpaired) electrons. The van der Waals surface area contributed by atoms with E-state index in [0.29, 0.717) is 5.69 Å². The molecule has 0 saturated heterocycles. The number of nitrogens with zero attached hydrogens (tertiary/aromatic N) is 1. The minimum Gasteiger partial charge on any atom is -0.357 e. The molecule has 1 amide bonds. The molecule has 2 aromatic rings. The maximum atomic E-state index is 11.5. The van der Waals surface area contributed by atoms with Crippen LogP contribution in [-0.4, -0.2) is 15.9 Å². The molecule has 0 saturated carbocycles. The van der Waals surface area contributed by atoms with Gasteiger partial charge in [-0.2, -0.15) is 0 Å². The molecule has 2 N–H and O–H groups in total. The zero-order valence-electron chi connectivity index (χ0n) is 7.40. The van der Waals surface area contributed by atoms with Crippen molar-refractivity contribution < 1.29 is 4.79 Å². The standard InChI is InChI=1S/C10H9N3O/c14-10(9-2-1-5-12-9)13-8-3-6-11-7-4-8/h1-7,12H,(H,11,13,14). The minimum absolute atomic E-state index is 0.152. The van der Waals surface area contributed by atoms with Crippen LogP contribution in [0.25, 0.3) is 0 Å². The molecule has 2 aromatic heterocycles. The maximum Gasteiger partial charge on any atom is 0.272 e. The summed E-state index contributed by atoms with van der Waals surface area (Å²) in [4.78, 5) is 18.2. The predicted molar refractivity (Wildman–Crippen MR) is 53.0 cm³/mol. The van der Waals surface area contributed by atoms with E-state index in [1.807, 2.05) is 0 Å². The van der Waals surface area contributed by atoms with Crippen molar-refractivity contribution in [2.75, 3.05) is 5.32 Å². The summed E-state index contributed by atoms with van der Waals surface area (Å²) in [6.45, 7) is 0. The molecule has 0 aliphatic rings. The van der Waals surface area contributed by atoms with E-state index in [-0.39, 0.29) is 5.91 Å². The number of H-pyrrole nitrogens is 1. The normalized spacial score (nSPS) is 9.71. The number of aromatic amines is 1. The molecule has 0 aliphatic heterocycles. The Hall–Kier alpha value is -2.10. The Morgan fingerprint density at radius 2 is 2.07 bits per heavy atom. The van der Waals surface area contributed by atoms with Gasteiger partial charge in [0.1, 0.15) is 5.69 Å². The van der Waals surface area contributed by atoms with E-state index in [1.54, 1.807) is 42.9 Å². The van der Waals surface area contributed by atoms with Crippen molar-refractivity contribution in [1.29, 1.82) is 0 Å². The Morgan fingerprint density at radius 3 is 2.71 bits per heavy atom. The van der Waals surface area contributed by atoms with Gasteiger partial charge in [-0.1, -0.05) is 0 Å². The molecule has 0 unspecified atom stereocenters. The van der Waals surface area contributed by atoms with Crippen molar-refractivity contribution in [1.82, 2.24) is 9.97 Å². The van der Waals surface area contributed by atoms with Crippen molar-refractivity contribution in [3.05, 3.63) is 48.5 Å². The number of aromatic nitrogens is 2. The Kier molecular flexibility index (Phi) is 2.27. The van der Waals surface area contributed by atoms with Gasteiger partial charge in [0, 0.05) is 24.3 Å². The molecule has 4 heteroatoms. The fourth-order valence-electron chi connectivity index (χ4n) is 1.11. The molecule has 14 heavy (non-hydrogen) atoms. The van der Waals surface area contributed by atoms with Crippen molar-refractivity contribution in [3.8, 4) is 0 Å². The zero-order valence-corrected chi connectivity index (χ0v) is 7.40. The van der Waals surface area contributed by atoms with Crippen LogP contribution >= 0.6 is 0 Å². The molecule has 0 atom stereocenters. The number of pyridine rings is 1. The first kappa shape index (κ1) is 8.50.